The number of rotatable bonds is 7. The summed E-state index contributed by atoms with van der Waals surface area (Å²) in [6.45, 7) is 0.830. The summed E-state index contributed by atoms with van der Waals surface area (Å²) >= 11 is 5.61. The molecule has 2 bridgehead atoms. The van der Waals surface area contributed by atoms with Gasteiger partial charge in [0.1, 0.15) is 0 Å². The summed E-state index contributed by atoms with van der Waals surface area (Å²) in [6, 6.07) is 0. The lowest BCUT2D eigenvalue weighted by atomic mass is 9.86. The standard InChI is InChI=1S/C14H24ClNO/c15-6-2-1-3-7-16-14(17)10-13-9-11-4-5-12(13)8-11/h11-13H,1-10H2,(H,16,17). The summed E-state index contributed by atoms with van der Waals surface area (Å²) in [5.74, 6) is 3.51. The van der Waals surface area contributed by atoms with Crippen LogP contribution in [0, 0.1) is 17.8 Å². The Hall–Kier alpha value is -0.240. The number of amides is 1. The molecule has 3 heteroatoms. The molecule has 0 aromatic rings. The van der Waals surface area contributed by atoms with Crippen molar-refractivity contribution in [3.05, 3.63) is 0 Å². The maximum Gasteiger partial charge on any atom is 0.220 e. The summed E-state index contributed by atoms with van der Waals surface area (Å²) in [6.07, 6.45) is 9.52. The van der Waals surface area contributed by atoms with Crippen LogP contribution in [-0.2, 0) is 4.79 Å². The van der Waals surface area contributed by atoms with E-state index in [1.807, 2.05) is 0 Å². The zero-order valence-electron chi connectivity index (χ0n) is 10.6. The van der Waals surface area contributed by atoms with E-state index in [4.69, 9.17) is 11.6 Å². The highest BCUT2D eigenvalue weighted by Gasteiger charge is 2.39. The predicted octanol–water partition coefficient (Wildman–Crippen LogP) is 3.34. The quantitative estimate of drug-likeness (QED) is 0.550. The van der Waals surface area contributed by atoms with E-state index < -0.39 is 0 Å². The Morgan fingerprint density at radius 1 is 1.18 bits per heavy atom. The number of carbonyl (C=O) groups is 1. The van der Waals surface area contributed by atoms with E-state index in [9.17, 15) is 4.79 Å². The van der Waals surface area contributed by atoms with Gasteiger partial charge in [-0.1, -0.05) is 12.8 Å². The van der Waals surface area contributed by atoms with Crippen molar-refractivity contribution in [3.63, 3.8) is 0 Å². The SMILES string of the molecule is O=C(CC1CC2CCC1C2)NCCCCCCl. The summed E-state index contributed by atoms with van der Waals surface area (Å²) in [5, 5.41) is 3.05. The second kappa shape index (κ2) is 6.63. The van der Waals surface area contributed by atoms with E-state index >= 15 is 0 Å². The Morgan fingerprint density at radius 3 is 2.71 bits per heavy atom. The third-order valence-corrected chi connectivity index (χ3v) is 4.73. The first-order valence-electron chi connectivity index (χ1n) is 7.12. The largest absolute Gasteiger partial charge is 0.356 e. The molecule has 2 saturated carbocycles. The monoisotopic (exact) mass is 257 g/mol. The van der Waals surface area contributed by atoms with Crippen molar-refractivity contribution in [1.82, 2.24) is 5.32 Å². The van der Waals surface area contributed by atoms with Gasteiger partial charge in [-0.2, -0.15) is 0 Å². The van der Waals surface area contributed by atoms with Crippen LogP contribution >= 0.6 is 11.6 Å². The fourth-order valence-electron chi connectivity index (χ4n) is 3.56. The average Bonchev–Trinajstić information content (AvgIpc) is 2.90. The minimum absolute atomic E-state index is 0.272. The van der Waals surface area contributed by atoms with Crippen LogP contribution in [0.25, 0.3) is 0 Å². The molecule has 0 saturated heterocycles. The maximum atomic E-state index is 11.8. The summed E-state index contributed by atoms with van der Waals surface area (Å²) < 4.78 is 0. The van der Waals surface area contributed by atoms with Crippen LogP contribution < -0.4 is 5.32 Å². The molecule has 3 atom stereocenters. The number of fused-ring (bicyclic) bond motifs is 2. The van der Waals surface area contributed by atoms with Crippen LogP contribution in [0.5, 0.6) is 0 Å². The molecule has 0 aromatic heterocycles. The van der Waals surface area contributed by atoms with E-state index in [2.05, 4.69) is 5.32 Å². The Bertz CT molecular complexity index is 257. The van der Waals surface area contributed by atoms with Gasteiger partial charge in [-0.25, -0.2) is 0 Å². The first-order valence-corrected chi connectivity index (χ1v) is 7.65. The van der Waals surface area contributed by atoms with Gasteiger partial charge in [0.05, 0.1) is 0 Å². The van der Waals surface area contributed by atoms with Crippen molar-refractivity contribution >= 4 is 17.5 Å². The molecule has 3 unspecified atom stereocenters. The third kappa shape index (κ3) is 3.87. The van der Waals surface area contributed by atoms with Crippen molar-refractivity contribution < 1.29 is 4.79 Å². The number of unbranched alkanes of at least 4 members (excludes halogenated alkanes) is 2. The second-order valence-electron chi connectivity index (χ2n) is 5.74. The molecule has 2 aliphatic rings. The van der Waals surface area contributed by atoms with Gasteiger partial charge in [0.2, 0.25) is 5.91 Å². The minimum atomic E-state index is 0.272. The van der Waals surface area contributed by atoms with Gasteiger partial charge in [0.15, 0.2) is 0 Å². The first kappa shape index (κ1) is 13.2. The zero-order valence-corrected chi connectivity index (χ0v) is 11.3. The lowest BCUT2D eigenvalue weighted by Crippen LogP contribution is -2.28. The number of halogens is 1. The molecule has 0 heterocycles. The highest BCUT2D eigenvalue weighted by molar-refractivity contribution is 6.17. The van der Waals surface area contributed by atoms with Crippen molar-refractivity contribution in [3.8, 4) is 0 Å². The van der Waals surface area contributed by atoms with Crippen molar-refractivity contribution in [1.29, 1.82) is 0 Å². The van der Waals surface area contributed by atoms with Crippen LogP contribution in [0.3, 0.4) is 0 Å². The Morgan fingerprint density at radius 2 is 2.06 bits per heavy atom. The van der Waals surface area contributed by atoms with E-state index in [0.717, 1.165) is 49.9 Å². The molecule has 2 fully saturated rings. The number of alkyl halides is 1. The fourth-order valence-corrected chi connectivity index (χ4v) is 3.75. The highest BCUT2D eigenvalue weighted by Crippen LogP contribution is 2.49. The van der Waals surface area contributed by atoms with Crippen LogP contribution in [0.4, 0.5) is 0 Å². The summed E-state index contributed by atoms with van der Waals surface area (Å²) in [7, 11) is 0. The lowest BCUT2D eigenvalue weighted by molar-refractivity contribution is -0.122. The molecule has 1 N–H and O–H groups in total. The Labute approximate surface area is 109 Å². The number of hydrogen-bond donors (Lipinski definition) is 1. The third-order valence-electron chi connectivity index (χ3n) is 4.46. The molecule has 0 spiro atoms. The minimum Gasteiger partial charge on any atom is -0.356 e. The van der Waals surface area contributed by atoms with Gasteiger partial charge in [0, 0.05) is 18.8 Å². The van der Waals surface area contributed by atoms with Crippen LogP contribution in [0.2, 0.25) is 0 Å². The molecule has 1 amide bonds. The van der Waals surface area contributed by atoms with Gasteiger partial charge in [-0.3, -0.25) is 4.79 Å². The fraction of sp³-hybridized carbons (Fsp3) is 0.929. The topological polar surface area (TPSA) is 29.1 Å². The van der Waals surface area contributed by atoms with E-state index in [0.29, 0.717) is 5.92 Å². The Balaban J connectivity index is 1.55. The molecule has 98 valence electrons. The Kier molecular flexibility index (Phi) is 5.15. The van der Waals surface area contributed by atoms with Crippen molar-refractivity contribution in [2.45, 2.75) is 51.4 Å². The van der Waals surface area contributed by atoms with E-state index in [1.165, 1.54) is 25.7 Å². The van der Waals surface area contributed by atoms with Gasteiger partial charge >= 0.3 is 0 Å². The second-order valence-corrected chi connectivity index (χ2v) is 6.12. The molecular formula is C14H24ClNO. The molecule has 2 aliphatic carbocycles. The first-order chi connectivity index (χ1) is 8.29. The zero-order chi connectivity index (χ0) is 12.1. The lowest BCUT2D eigenvalue weighted by Gasteiger charge is -2.20. The number of nitrogens with one attached hydrogen (secondary N) is 1. The molecule has 0 aromatic carbocycles. The molecule has 0 aliphatic heterocycles. The van der Waals surface area contributed by atoms with Crippen molar-refractivity contribution in [2.75, 3.05) is 12.4 Å². The van der Waals surface area contributed by atoms with Gasteiger partial charge < -0.3 is 5.32 Å². The molecule has 2 rings (SSSR count). The molecule has 2 nitrogen and oxygen atoms in total. The van der Waals surface area contributed by atoms with Crippen LogP contribution in [0.15, 0.2) is 0 Å². The van der Waals surface area contributed by atoms with Gasteiger partial charge in [0.25, 0.3) is 0 Å². The van der Waals surface area contributed by atoms with E-state index in [1.54, 1.807) is 0 Å². The summed E-state index contributed by atoms with van der Waals surface area (Å²) in [5.41, 5.74) is 0. The van der Waals surface area contributed by atoms with Gasteiger partial charge in [-0.05, 0) is 49.9 Å². The molecule has 17 heavy (non-hydrogen) atoms. The predicted molar refractivity (Wildman–Crippen MR) is 71.1 cm³/mol. The molecular weight excluding hydrogens is 234 g/mol. The van der Waals surface area contributed by atoms with Crippen molar-refractivity contribution in [2.24, 2.45) is 17.8 Å². The van der Waals surface area contributed by atoms with Crippen LogP contribution in [-0.4, -0.2) is 18.3 Å². The van der Waals surface area contributed by atoms with E-state index in [-0.39, 0.29) is 5.91 Å². The highest BCUT2D eigenvalue weighted by atomic mass is 35.5. The number of carbonyl (C=O) groups excluding carboxylic acids is 1. The summed E-state index contributed by atoms with van der Waals surface area (Å²) in [4.78, 5) is 11.8. The number of hydrogen-bond acceptors (Lipinski definition) is 1. The average molecular weight is 258 g/mol. The normalized spacial score (nSPS) is 30.8. The van der Waals surface area contributed by atoms with Crippen LogP contribution in [0.1, 0.15) is 51.4 Å². The molecule has 0 radical (unpaired) electrons. The smallest absolute Gasteiger partial charge is 0.220 e. The maximum absolute atomic E-state index is 11.8. The van der Waals surface area contributed by atoms with Gasteiger partial charge in [-0.15, -0.1) is 11.6 Å².